The van der Waals surface area contributed by atoms with Crippen molar-refractivity contribution in [1.82, 2.24) is 9.97 Å². The summed E-state index contributed by atoms with van der Waals surface area (Å²) in [4.78, 5) is 7.75. The minimum atomic E-state index is -0.611. The number of thiophene rings is 1. The van der Waals surface area contributed by atoms with Crippen molar-refractivity contribution in [3.8, 4) is 0 Å². The van der Waals surface area contributed by atoms with Gasteiger partial charge in [-0.05, 0) is 11.4 Å². The van der Waals surface area contributed by atoms with Gasteiger partial charge in [0, 0.05) is 17.3 Å². The van der Waals surface area contributed by atoms with Crippen LogP contribution in [0.15, 0.2) is 29.9 Å². The van der Waals surface area contributed by atoms with Crippen LogP contribution in [0.25, 0.3) is 0 Å². The van der Waals surface area contributed by atoms with Gasteiger partial charge in [-0.2, -0.15) is 0 Å². The largest absolute Gasteiger partial charge is 0.380 e. The number of nitrogens with zero attached hydrogens (tertiary/aromatic N) is 1. The van der Waals surface area contributed by atoms with E-state index >= 15 is 0 Å². The molecule has 0 saturated carbocycles. The highest BCUT2D eigenvalue weighted by Gasteiger charge is 2.12. The van der Waals surface area contributed by atoms with E-state index in [-0.39, 0.29) is 0 Å². The van der Waals surface area contributed by atoms with Gasteiger partial charge in [0.1, 0.15) is 11.9 Å². The molecule has 0 saturated heterocycles. The molecule has 2 aromatic heterocycles. The number of rotatable bonds is 2. The van der Waals surface area contributed by atoms with Crippen LogP contribution >= 0.6 is 11.3 Å². The third kappa shape index (κ3) is 1.26. The first-order chi connectivity index (χ1) is 5.88. The van der Waals surface area contributed by atoms with E-state index in [9.17, 15) is 5.11 Å². The summed E-state index contributed by atoms with van der Waals surface area (Å²) >= 11 is 1.52. The number of H-pyrrole nitrogens is 1. The highest BCUT2D eigenvalue weighted by atomic mass is 32.1. The number of aliphatic hydroxyl groups is 1. The van der Waals surface area contributed by atoms with Crippen molar-refractivity contribution in [2.75, 3.05) is 0 Å². The van der Waals surface area contributed by atoms with E-state index in [0.717, 1.165) is 4.88 Å². The highest BCUT2D eigenvalue weighted by molar-refractivity contribution is 7.10. The van der Waals surface area contributed by atoms with E-state index in [2.05, 4.69) is 9.97 Å². The molecule has 12 heavy (non-hydrogen) atoms. The Morgan fingerprint density at radius 3 is 3.08 bits per heavy atom. The Morgan fingerprint density at radius 1 is 1.58 bits per heavy atom. The molecule has 2 aromatic rings. The van der Waals surface area contributed by atoms with Gasteiger partial charge in [-0.25, -0.2) is 4.98 Å². The quantitative estimate of drug-likeness (QED) is 0.736. The van der Waals surface area contributed by atoms with Crippen LogP contribution in [0.5, 0.6) is 0 Å². The third-order valence-corrected chi connectivity index (χ3v) is 2.52. The monoisotopic (exact) mass is 180 g/mol. The van der Waals surface area contributed by atoms with Gasteiger partial charge in [-0.1, -0.05) is 6.07 Å². The van der Waals surface area contributed by atoms with Gasteiger partial charge in [0.05, 0.1) is 0 Å². The smallest absolute Gasteiger partial charge is 0.146 e. The van der Waals surface area contributed by atoms with Crippen LogP contribution in [0.1, 0.15) is 16.8 Å². The molecular formula is C8H8N2OS. The Hall–Kier alpha value is -1.13. The Bertz CT molecular complexity index is 294. The first kappa shape index (κ1) is 7.52. The molecular weight excluding hydrogens is 172 g/mol. The van der Waals surface area contributed by atoms with Crippen molar-refractivity contribution in [3.63, 3.8) is 0 Å². The average molecular weight is 180 g/mol. The zero-order valence-corrected chi connectivity index (χ0v) is 7.08. The third-order valence-electron chi connectivity index (χ3n) is 1.59. The van der Waals surface area contributed by atoms with E-state index in [1.165, 1.54) is 11.3 Å². The number of aliphatic hydroxyl groups excluding tert-OH is 1. The molecule has 0 aliphatic carbocycles. The molecule has 3 nitrogen and oxygen atoms in total. The standard InChI is InChI=1S/C8H8N2OS/c11-7(6-2-1-5-12-6)8-9-3-4-10-8/h1-5,7,11H,(H,9,10)/t7-/m1/s1. The summed E-state index contributed by atoms with van der Waals surface area (Å²) in [5, 5.41) is 11.6. The number of imidazole rings is 1. The minimum Gasteiger partial charge on any atom is -0.380 e. The van der Waals surface area contributed by atoms with Gasteiger partial charge in [0.15, 0.2) is 0 Å². The van der Waals surface area contributed by atoms with Crippen LogP contribution in [0.4, 0.5) is 0 Å². The van der Waals surface area contributed by atoms with E-state index in [1.54, 1.807) is 12.4 Å². The summed E-state index contributed by atoms with van der Waals surface area (Å²) in [6.07, 6.45) is 2.72. The molecule has 0 aliphatic rings. The van der Waals surface area contributed by atoms with E-state index < -0.39 is 6.10 Å². The number of aromatic amines is 1. The lowest BCUT2D eigenvalue weighted by Crippen LogP contribution is -1.98. The van der Waals surface area contributed by atoms with Gasteiger partial charge < -0.3 is 10.1 Å². The van der Waals surface area contributed by atoms with Crippen LogP contribution in [0.2, 0.25) is 0 Å². The summed E-state index contributed by atoms with van der Waals surface area (Å²) < 4.78 is 0. The normalized spacial score (nSPS) is 13.1. The van der Waals surface area contributed by atoms with E-state index in [4.69, 9.17) is 0 Å². The van der Waals surface area contributed by atoms with Crippen molar-refractivity contribution in [2.24, 2.45) is 0 Å². The van der Waals surface area contributed by atoms with Crippen molar-refractivity contribution >= 4 is 11.3 Å². The van der Waals surface area contributed by atoms with Crippen molar-refractivity contribution in [2.45, 2.75) is 6.10 Å². The van der Waals surface area contributed by atoms with Crippen molar-refractivity contribution in [1.29, 1.82) is 0 Å². The Morgan fingerprint density at radius 2 is 2.50 bits per heavy atom. The maximum atomic E-state index is 9.69. The van der Waals surface area contributed by atoms with Crippen LogP contribution in [0, 0.1) is 0 Å². The molecule has 0 aliphatic heterocycles. The van der Waals surface area contributed by atoms with Crippen LogP contribution in [-0.4, -0.2) is 15.1 Å². The fourth-order valence-electron chi connectivity index (χ4n) is 1.01. The van der Waals surface area contributed by atoms with Crippen molar-refractivity contribution in [3.05, 3.63) is 40.6 Å². The average Bonchev–Trinajstić information content (AvgIpc) is 2.77. The van der Waals surface area contributed by atoms with Gasteiger partial charge in [-0.3, -0.25) is 0 Å². The molecule has 2 rings (SSSR count). The second-order valence-electron chi connectivity index (χ2n) is 2.39. The second-order valence-corrected chi connectivity index (χ2v) is 3.37. The zero-order valence-electron chi connectivity index (χ0n) is 6.27. The summed E-state index contributed by atoms with van der Waals surface area (Å²) in [5.74, 6) is 0.595. The summed E-state index contributed by atoms with van der Waals surface area (Å²) in [7, 11) is 0. The summed E-state index contributed by atoms with van der Waals surface area (Å²) in [5.41, 5.74) is 0. The number of aromatic nitrogens is 2. The lowest BCUT2D eigenvalue weighted by Gasteiger charge is -2.03. The Kier molecular flexibility index (Phi) is 1.93. The molecule has 0 amide bonds. The fourth-order valence-corrected chi connectivity index (χ4v) is 1.72. The van der Waals surface area contributed by atoms with Crippen LogP contribution in [-0.2, 0) is 0 Å². The molecule has 0 bridgehead atoms. The molecule has 62 valence electrons. The fraction of sp³-hybridized carbons (Fsp3) is 0.125. The molecule has 4 heteroatoms. The molecule has 1 atom stereocenters. The molecule has 0 fully saturated rings. The summed E-state index contributed by atoms with van der Waals surface area (Å²) in [6.45, 7) is 0. The topological polar surface area (TPSA) is 48.9 Å². The Balaban J connectivity index is 2.27. The van der Waals surface area contributed by atoms with E-state index in [1.807, 2.05) is 17.5 Å². The Labute approximate surface area is 73.7 Å². The molecule has 2 heterocycles. The maximum Gasteiger partial charge on any atom is 0.146 e. The van der Waals surface area contributed by atoms with Crippen LogP contribution < -0.4 is 0 Å². The number of nitrogens with one attached hydrogen (secondary N) is 1. The number of hydrogen-bond donors (Lipinski definition) is 2. The highest BCUT2D eigenvalue weighted by Crippen LogP contribution is 2.22. The first-order valence-electron chi connectivity index (χ1n) is 3.58. The minimum absolute atomic E-state index is 0.595. The lowest BCUT2D eigenvalue weighted by molar-refractivity contribution is 0.215. The summed E-state index contributed by atoms with van der Waals surface area (Å²) in [6, 6.07) is 3.80. The molecule has 2 N–H and O–H groups in total. The predicted molar refractivity (Wildman–Crippen MR) is 47.0 cm³/mol. The van der Waals surface area contributed by atoms with Crippen molar-refractivity contribution < 1.29 is 5.11 Å². The van der Waals surface area contributed by atoms with Gasteiger partial charge in [0.25, 0.3) is 0 Å². The van der Waals surface area contributed by atoms with Crippen LogP contribution in [0.3, 0.4) is 0 Å². The molecule has 0 aromatic carbocycles. The number of hydrogen-bond acceptors (Lipinski definition) is 3. The second kappa shape index (κ2) is 3.08. The van der Waals surface area contributed by atoms with Gasteiger partial charge in [-0.15, -0.1) is 11.3 Å². The zero-order chi connectivity index (χ0) is 8.39. The van der Waals surface area contributed by atoms with Gasteiger partial charge in [0.2, 0.25) is 0 Å². The molecule has 0 radical (unpaired) electrons. The van der Waals surface area contributed by atoms with E-state index in [0.29, 0.717) is 5.82 Å². The molecule has 0 unspecified atom stereocenters. The lowest BCUT2D eigenvalue weighted by atomic mass is 10.3. The van der Waals surface area contributed by atoms with Gasteiger partial charge >= 0.3 is 0 Å². The maximum absolute atomic E-state index is 9.69. The molecule has 0 spiro atoms. The SMILES string of the molecule is O[C@@H](c1ncc[nH]1)c1cccs1. The predicted octanol–water partition coefficient (Wildman–Crippen LogP) is 1.55. The first-order valence-corrected chi connectivity index (χ1v) is 4.46.